The van der Waals surface area contributed by atoms with Gasteiger partial charge in [-0.2, -0.15) is 0 Å². The molecule has 0 spiro atoms. The fourth-order valence-corrected chi connectivity index (χ4v) is 3.81. The Morgan fingerprint density at radius 3 is 1.47 bits per heavy atom. The Kier molecular flexibility index (Phi) is 27.7. The van der Waals surface area contributed by atoms with Crippen molar-refractivity contribution in [2.75, 3.05) is 13.2 Å². The van der Waals surface area contributed by atoms with Gasteiger partial charge in [-0.15, -0.1) is 0 Å². The molecule has 198 valence electrons. The molecule has 0 N–H and O–H groups in total. The van der Waals surface area contributed by atoms with Crippen LogP contribution >= 0.6 is 0 Å². The molecule has 0 saturated carbocycles. The molecule has 9 heteroatoms. The standard InChI is InChI=1S/C20H38O7S.C5H12.Na/c1-5-9-11-16(7-3)14-26-19(21)13-18(28(23,24)25)20(22)27-15-17(8-4)12-10-6-2;1-3-5-4-2;/h16-18H,5-15H2,1-4H3,(H,23,24,25);3-5H2,1-2H3;/q;;+1/p-1. The maximum Gasteiger partial charge on any atom is 1.00 e. The number of esters is 2. The third-order valence-corrected chi connectivity index (χ3v) is 6.75. The van der Waals surface area contributed by atoms with E-state index >= 15 is 0 Å². The number of ether oxygens (including phenoxy) is 2. The van der Waals surface area contributed by atoms with Crippen LogP contribution in [-0.2, 0) is 29.2 Å². The van der Waals surface area contributed by atoms with E-state index in [4.69, 9.17) is 9.47 Å². The van der Waals surface area contributed by atoms with Gasteiger partial charge in [0.1, 0.15) is 10.1 Å². The van der Waals surface area contributed by atoms with Gasteiger partial charge >= 0.3 is 41.5 Å². The van der Waals surface area contributed by atoms with Gasteiger partial charge < -0.3 is 14.0 Å². The first-order valence-corrected chi connectivity index (χ1v) is 14.3. The predicted molar refractivity (Wildman–Crippen MR) is 132 cm³/mol. The molecule has 0 fully saturated rings. The zero-order valence-corrected chi connectivity index (χ0v) is 25.7. The fraction of sp³-hybridized carbons (Fsp3) is 0.920. The number of unbranched alkanes of at least 4 members (excludes halogenated alkanes) is 4. The largest absolute Gasteiger partial charge is 1.00 e. The number of carbonyl (C=O) groups excluding carboxylic acids is 2. The first-order valence-electron chi connectivity index (χ1n) is 12.9. The first kappa shape index (κ1) is 38.4. The summed E-state index contributed by atoms with van der Waals surface area (Å²) in [5, 5.41) is -2.06. The van der Waals surface area contributed by atoms with Gasteiger partial charge in [0, 0.05) is 0 Å². The molecule has 0 aliphatic carbocycles. The molecule has 3 atom stereocenters. The minimum atomic E-state index is -5.01. The van der Waals surface area contributed by atoms with Crippen molar-refractivity contribution in [1.82, 2.24) is 0 Å². The van der Waals surface area contributed by atoms with Gasteiger partial charge in [0.15, 0.2) is 5.25 Å². The average molecular weight is 517 g/mol. The van der Waals surface area contributed by atoms with E-state index in [1.54, 1.807) is 0 Å². The van der Waals surface area contributed by atoms with Crippen molar-refractivity contribution in [3.63, 3.8) is 0 Å². The van der Waals surface area contributed by atoms with E-state index in [0.717, 1.165) is 51.4 Å². The fourth-order valence-electron chi connectivity index (χ4n) is 3.17. The van der Waals surface area contributed by atoms with Crippen LogP contribution in [0, 0.1) is 11.8 Å². The number of rotatable bonds is 18. The van der Waals surface area contributed by atoms with Crippen molar-refractivity contribution in [3.8, 4) is 0 Å². The second-order valence-corrected chi connectivity index (χ2v) is 10.2. The second kappa shape index (κ2) is 24.5. The van der Waals surface area contributed by atoms with Crippen molar-refractivity contribution in [1.29, 1.82) is 0 Å². The number of hydrogen-bond donors (Lipinski definition) is 0. The van der Waals surface area contributed by atoms with Crippen LogP contribution in [0.1, 0.15) is 119 Å². The molecule has 34 heavy (non-hydrogen) atoms. The van der Waals surface area contributed by atoms with Crippen molar-refractivity contribution < 1.29 is 61.6 Å². The Hall–Kier alpha value is -0.150. The monoisotopic (exact) mass is 516 g/mol. The number of carbonyl (C=O) groups is 2. The van der Waals surface area contributed by atoms with Crippen LogP contribution in [0.5, 0.6) is 0 Å². The molecule has 0 saturated heterocycles. The molecule has 0 heterocycles. The molecule has 0 amide bonds. The zero-order valence-electron chi connectivity index (χ0n) is 22.9. The van der Waals surface area contributed by atoms with Gasteiger partial charge in [0.05, 0.1) is 19.6 Å². The maximum atomic E-state index is 12.1. The van der Waals surface area contributed by atoms with Gasteiger partial charge in [-0.1, -0.05) is 99.3 Å². The van der Waals surface area contributed by atoms with Crippen LogP contribution in [0.4, 0.5) is 0 Å². The third kappa shape index (κ3) is 21.2. The summed E-state index contributed by atoms with van der Waals surface area (Å²) in [5.74, 6) is -1.74. The van der Waals surface area contributed by atoms with Gasteiger partial charge in [0.25, 0.3) is 0 Å². The third-order valence-electron chi connectivity index (χ3n) is 5.70. The van der Waals surface area contributed by atoms with E-state index in [-0.39, 0.29) is 54.6 Å². The average Bonchev–Trinajstić information content (AvgIpc) is 2.77. The van der Waals surface area contributed by atoms with Crippen molar-refractivity contribution in [3.05, 3.63) is 0 Å². The quantitative estimate of drug-likeness (QED) is 0.156. The van der Waals surface area contributed by atoms with Crippen LogP contribution in [0.25, 0.3) is 0 Å². The maximum absolute atomic E-state index is 12.1. The number of hydrogen-bond acceptors (Lipinski definition) is 7. The van der Waals surface area contributed by atoms with Crippen molar-refractivity contribution in [2.45, 2.75) is 124 Å². The smallest absolute Gasteiger partial charge is 0.747 e. The van der Waals surface area contributed by atoms with Crippen LogP contribution in [0.2, 0.25) is 0 Å². The Morgan fingerprint density at radius 2 is 1.15 bits per heavy atom. The predicted octanol–water partition coefficient (Wildman–Crippen LogP) is 3.01. The zero-order chi connectivity index (χ0) is 25.7. The van der Waals surface area contributed by atoms with E-state index in [1.165, 1.54) is 19.3 Å². The van der Waals surface area contributed by atoms with Crippen LogP contribution in [-0.4, -0.2) is 43.4 Å². The van der Waals surface area contributed by atoms with Gasteiger partial charge in [0.2, 0.25) is 0 Å². The van der Waals surface area contributed by atoms with Gasteiger partial charge in [-0.3, -0.25) is 9.59 Å². The molecule has 0 aliphatic rings. The molecule has 7 nitrogen and oxygen atoms in total. The van der Waals surface area contributed by atoms with E-state index in [9.17, 15) is 22.6 Å². The summed E-state index contributed by atoms with van der Waals surface area (Å²) in [6.45, 7) is 12.7. The Labute approximate surface area is 231 Å². The van der Waals surface area contributed by atoms with E-state index < -0.39 is 33.7 Å². The molecule has 0 rings (SSSR count). The van der Waals surface area contributed by atoms with Crippen LogP contribution < -0.4 is 29.6 Å². The Morgan fingerprint density at radius 1 is 0.735 bits per heavy atom. The van der Waals surface area contributed by atoms with E-state index in [2.05, 4.69) is 27.7 Å². The topological polar surface area (TPSA) is 110 Å². The summed E-state index contributed by atoms with van der Waals surface area (Å²) in [6, 6.07) is 0. The summed E-state index contributed by atoms with van der Waals surface area (Å²) in [6.07, 6.45) is 10.7. The molecular weight excluding hydrogens is 467 g/mol. The molecule has 0 aromatic carbocycles. The summed E-state index contributed by atoms with van der Waals surface area (Å²) in [4.78, 5) is 24.1. The first-order chi connectivity index (χ1) is 15.6. The molecule has 0 aromatic rings. The molecule has 0 aromatic heterocycles. The molecule has 0 radical (unpaired) electrons. The summed E-state index contributed by atoms with van der Waals surface area (Å²) >= 11 is 0. The minimum absolute atomic E-state index is 0. The molecule has 3 unspecified atom stereocenters. The second-order valence-electron chi connectivity index (χ2n) is 8.69. The normalized spacial score (nSPS) is 13.5. The minimum Gasteiger partial charge on any atom is -0.747 e. The summed E-state index contributed by atoms with van der Waals surface area (Å²) < 4.78 is 44.6. The SMILES string of the molecule is CCCCC.CCCCC(CC)COC(=O)CC(C(=O)OCC(CC)CCCC)S(=O)(=O)[O-].[Na+]. The van der Waals surface area contributed by atoms with Crippen LogP contribution in [0.15, 0.2) is 0 Å². The Balaban J connectivity index is -0.00000144. The van der Waals surface area contributed by atoms with Crippen molar-refractivity contribution >= 4 is 22.1 Å². The molecule has 0 aliphatic heterocycles. The summed E-state index contributed by atoms with van der Waals surface area (Å²) in [5.41, 5.74) is 0. The molecule has 0 bridgehead atoms. The molecular formula is C25H49NaO7S. The van der Waals surface area contributed by atoms with E-state index in [1.807, 2.05) is 13.8 Å². The van der Waals surface area contributed by atoms with Crippen molar-refractivity contribution in [2.24, 2.45) is 11.8 Å². The summed E-state index contributed by atoms with van der Waals surface area (Å²) in [7, 11) is -5.01. The van der Waals surface area contributed by atoms with E-state index in [0.29, 0.717) is 0 Å². The van der Waals surface area contributed by atoms with Gasteiger partial charge in [-0.05, 0) is 24.7 Å². The van der Waals surface area contributed by atoms with Gasteiger partial charge in [-0.25, -0.2) is 8.42 Å². The van der Waals surface area contributed by atoms with Crippen LogP contribution in [0.3, 0.4) is 0 Å². The Bertz CT molecular complexity index is 594.